The molecule has 0 aromatic carbocycles. The van der Waals surface area contributed by atoms with E-state index in [4.69, 9.17) is 0 Å². The number of nitrogens with zero attached hydrogens (tertiary/aromatic N) is 3. The highest BCUT2D eigenvalue weighted by Crippen LogP contribution is 2.20. The van der Waals surface area contributed by atoms with Crippen molar-refractivity contribution in [1.29, 1.82) is 0 Å². The summed E-state index contributed by atoms with van der Waals surface area (Å²) in [7, 11) is -1.15. The maximum Gasteiger partial charge on any atom is 0.254 e. The van der Waals surface area contributed by atoms with Crippen molar-refractivity contribution in [3.8, 4) is 0 Å². The normalized spacial score (nSPS) is 23.8. The highest BCUT2D eigenvalue weighted by Gasteiger charge is 2.31. The first kappa shape index (κ1) is 18.1. The molecule has 1 N–H and O–H groups in total. The summed E-state index contributed by atoms with van der Waals surface area (Å²) in [5, 5.41) is 3.08. The van der Waals surface area contributed by atoms with E-state index in [0.717, 1.165) is 25.7 Å². The average Bonchev–Trinajstić information content (AvgIpc) is 2.80. The number of amides is 1. The van der Waals surface area contributed by atoms with E-state index < -0.39 is 9.84 Å². The topological polar surface area (TPSA) is 92.3 Å². The highest BCUT2D eigenvalue weighted by atomic mass is 32.2. The van der Waals surface area contributed by atoms with Crippen LogP contribution in [0.2, 0.25) is 0 Å². The summed E-state index contributed by atoms with van der Waals surface area (Å²) in [6, 6.07) is 0.136. The monoisotopic (exact) mass is 366 g/mol. The molecule has 25 heavy (non-hydrogen) atoms. The van der Waals surface area contributed by atoms with Crippen molar-refractivity contribution in [3.63, 3.8) is 0 Å². The zero-order chi connectivity index (χ0) is 17.9. The van der Waals surface area contributed by atoms with E-state index in [9.17, 15) is 13.2 Å². The minimum absolute atomic E-state index is 0.101. The molecule has 3 rings (SSSR count). The van der Waals surface area contributed by atoms with Crippen LogP contribution in [0.15, 0.2) is 12.4 Å². The lowest BCUT2D eigenvalue weighted by Gasteiger charge is -2.23. The SMILES string of the molecule is CN(c1ncc(C(=O)NC2CCCCCC2)cn1)C1CCS(=O)(=O)C1. The first-order chi connectivity index (χ1) is 11.9. The Bertz CT molecular complexity index is 697. The molecule has 1 saturated heterocycles. The molecule has 1 aliphatic carbocycles. The Morgan fingerprint density at radius 1 is 1.12 bits per heavy atom. The van der Waals surface area contributed by atoms with Crippen molar-refractivity contribution in [2.75, 3.05) is 23.5 Å². The maximum atomic E-state index is 12.4. The van der Waals surface area contributed by atoms with E-state index in [0.29, 0.717) is 17.9 Å². The number of rotatable bonds is 4. The van der Waals surface area contributed by atoms with Gasteiger partial charge in [0.2, 0.25) is 5.95 Å². The third-order valence-electron chi connectivity index (χ3n) is 5.16. The first-order valence-electron chi connectivity index (χ1n) is 9.01. The first-order valence-corrected chi connectivity index (χ1v) is 10.8. The second-order valence-corrected chi connectivity index (χ2v) is 9.33. The van der Waals surface area contributed by atoms with Crippen LogP contribution in [0.1, 0.15) is 55.3 Å². The fraction of sp³-hybridized carbons (Fsp3) is 0.706. The fourth-order valence-electron chi connectivity index (χ4n) is 3.56. The van der Waals surface area contributed by atoms with E-state index >= 15 is 0 Å². The number of sulfone groups is 1. The van der Waals surface area contributed by atoms with Gasteiger partial charge in [0.05, 0.1) is 17.1 Å². The van der Waals surface area contributed by atoms with Crippen LogP contribution in [-0.2, 0) is 9.84 Å². The number of hydrogen-bond acceptors (Lipinski definition) is 6. The summed E-state index contributed by atoms with van der Waals surface area (Å²) in [4.78, 5) is 22.7. The average molecular weight is 366 g/mol. The van der Waals surface area contributed by atoms with E-state index in [-0.39, 0.29) is 29.5 Å². The molecular formula is C17H26N4O3S. The molecule has 2 heterocycles. The van der Waals surface area contributed by atoms with Gasteiger partial charge in [0, 0.05) is 31.5 Å². The zero-order valence-corrected chi connectivity index (χ0v) is 15.5. The van der Waals surface area contributed by atoms with Gasteiger partial charge in [-0.25, -0.2) is 18.4 Å². The summed E-state index contributed by atoms with van der Waals surface area (Å²) >= 11 is 0. The lowest BCUT2D eigenvalue weighted by molar-refractivity contribution is 0.0932. The Morgan fingerprint density at radius 2 is 1.76 bits per heavy atom. The molecule has 7 nitrogen and oxygen atoms in total. The molecule has 1 atom stereocenters. The smallest absolute Gasteiger partial charge is 0.254 e. The third kappa shape index (κ3) is 4.68. The number of hydrogen-bond donors (Lipinski definition) is 1. The van der Waals surface area contributed by atoms with Crippen LogP contribution in [0.3, 0.4) is 0 Å². The van der Waals surface area contributed by atoms with Gasteiger partial charge in [-0.05, 0) is 19.3 Å². The molecule has 0 bridgehead atoms. The van der Waals surface area contributed by atoms with Gasteiger partial charge in [-0.3, -0.25) is 4.79 Å². The van der Waals surface area contributed by atoms with E-state index in [1.807, 2.05) is 0 Å². The lowest BCUT2D eigenvalue weighted by Crippen LogP contribution is -2.35. The van der Waals surface area contributed by atoms with Gasteiger partial charge in [0.25, 0.3) is 5.91 Å². The molecule has 1 aromatic rings. The van der Waals surface area contributed by atoms with Crippen molar-refractivity contribution in [1.82, 2.24) is 15.3 Å². The summed E-state index contributed by atoms with van der Waals surface area (Å²) in [6.07, 6.45) is 10.5. The van der Waals surface area contributed by atoms with Crippen molar-refractivity contribution < 1.29 is 13.2 Å². The van der Waals surface area contributed by atoms with E-state index in [2.05, 4.69) is 15.3 Å². The minimum atomic E-state index is -2.95. The van der Waals surface area contributed by atoms with Crippen LogP contribution < -0.4 is 10.2 Å². The molecule has 0 spiro atoms. The molecule has 8 heteroatoms. The summed E-state index contributed by atoms with van der Waals surface area (Å²) in [5.74, 6) is 0.665. The second kappa shape index (κ2) is 7.68. The zero-order valence-electron chi connectivity index (χ0n) is 14.6. The van der Waals surface area contributed by atoms with Crippen molar-refractivity contribution >= 4 is 21.7 Å². The summed E-state index contributed by atoms with van der Waals surface area (Å²) in [5.41, 5.74) is 0.445. The van der Waals surface area contributed by atoms with E-state index in [1.165, 1.54) is 25.2 Å². The van der Waals surface area contributed by atoms with Crippen LogP contribution >= 0.6 is 0 Å². The fourth-order valence-corrected chi connectivity index (χ4v) is 5.33. The highest BCUT2D eigenvalue weighted by molar-refractivity contribution is 7.91. The number of carbonyl (C=O) groups is 1. The van der Waals surface area contributed by atoms with Crippen LogP contribution in [0.4, 0.5) is 5.95 Å². The molecule has 1 unspecified atom stereocenters. The van der Waals surface area contributed by atoms with Crippen molar-refractivity contribution in [2.24, 2.45) is 0 Å². The number of carbonyl (C=O) groups excluding carboxylic acids is 1. The lowest BCUT2D eigenvalue weighted by atomic mass is 10.1. The molecule has 1 saturated carbocycles. The Balaban J connectivity index is 1.60. The Labute approximate surface area is 149 Å². The standard InChI is InChI=1S/C17H26N4O3S/c1-21(15-8-9-25(23,24)12-15)17-18-10-13(11-19-17)16(22)20-14-6-4-2-3-5-7-14/h10-11,14-15H,2-9,12H2,1H3,(H,20,22). The number of aromatic nitrogens is 2. The molecule has 2 aliphatic rings. The molecule has 138 valence electrons. The number of nitrogens with one attached hydrogen (secondary N) is 1. The van der Waals surface area contributed by atoms with Crippen molar-refractivity contribution in [2.45, 2.75) is 57.0 Å². The summed E-state index contributed by atoms with van der Waals surface area (Å²) < 4.78 is 23.2. The molecular weight excluding hydrogens is 340 g/mol. The third-order valence-corrected chi connectivity index (χ3v) is 6.91. The Hall–Kier alpha value is -1.70. The van der Waals surface area contributed by atoms with Gasteiger partial charge in [0.15, 0.2) is 9.84 Å². The largest absolute Gasteiger partial charge is 0.349 e. The molecule has 2 fully saturated rings. The van der Waals surface area contributed by atoms with Gasteiger partial charge >= 0.3 is 0 Å². The van der Waals surface area contributed by atoms with Crippen molar-refractivity contribution in [3.05, 3.63) is 18.0 Å². The molecule has 1 aromatic heterocycles. The minimum Gasteiger partial charge on any atom is -0.349 e. The maximum absolute atomic E-state index is 12.4. The Kier molecular flexibility index (Phi) is 5.56. The predicted molar refractivity (Wildman–Crippen MR) is 96.5 cm³/mol. The van der Waals surface area contributed by atoms with Crippen LogP contribution in [0.5, 0.6) is 0 Å². The number of anilines is 1. The van der Waals surface area contributed by atoms with Crippen LogP contribution in [0.25, 0.3) is 0 Å². The summed E-state index contributed by atoms with van der Waals surface area (Å²) in [6.45, 7) is 0. The van der Waals surface area contributed by atoms with Crippen LogP contribution in [0, 0.1) is 0 Å². The van der Waals surface area contributed by atoms with Gasteiger partial charge in [-0.2, -0.15) is 0 Å². The molecule has 1 amide bonds. The van der Waals surface area contributed by atoms with Gasteiger partial charge in [-0.15, -0.1) is 0 Å². The Morgan fingerprint density at radius 3 is 2.32 bits per heavy atom. The van der Waals surface area contributed by atoms with Gasteiger partial charge in [-0.1, -0.05) is 25.7 Å². The van der Waals surface area contributed by atoms with Gasteiger partial charge in [0.1, 0.15) is 0 Å². The van der Waals surface area contributed by atoms with E-state index in [1.54, 1.807) is 11.9 Å². The van der Waals surface area contributed by atoms with Gasteiger partial charge < -0.3 is 10.2 Å². The second-order valence-electron chi connectivity index (χ2n) is 7.10. The predicted octanol–water partition coefficient (Wildman–Crippen LogP) is 1.55. The quantitative estimate of drug-likeness (QED) is 0.813. The molecule has 1 aliphatic heterocycles. The van der Waals surface area contributed by atoms with Crippen LogP contribution in [-0.4, -0.2) is 54.9 Å². The molecule has 0 radical (unpaired) electrons.